The Balaban J connectivity index is 1.94. The first-order valence-electron chi connectivity index (χ1n) is 6.78. The summed E-state index contributed by atoms with van der Waals surface area (Å²) >= 11 is 0. The second kappa shape index (κ2) is 10.8. The minimum absolute atomic E-state index is 0.415. The quantitative estimate of drug-likeness (QED) is 0.583. The van der Waals surface area contributed by atoms with Crippen molar-refractivity contribution >= 4 is 0 Å². The van der Waals surface area contributed by atoms with Gasteiger partial charge >= 0.3 is 0 Å². The minimum atomic E-state index is 0.415. The molecule has 0 aliphatic carbocycles. The van der Waals surface area contributed by atoms with Crippen molar-refractivity contribution in [2.45, 2.75) is 20.1 Å². The van der Waals surface area contributed by atoms with Crippen molar-refractivity contribution in [3.05, 3.63) is 23.2 Å². The fraction of sp³-hybridized carbons (Fsp3) is 0.714. The largest absolute Gasteiger partial charge is 0.462 e. The van der Waals surface area contributed by atoms with Gasteiger partial charge < -0.3 is 29.1 Å². The van der Waals surface area contributed by atoms with E-state index in [1.807, 2.05) is 13.0 Å². The third-order valence-electron chi connectivity index (χ3n) is 2.68. The first-order valence-corrected chi connectivity index (χ1v) is 6.78. The number of ether oxygens (including phenoxy) is 4. The molecule has 6 nitrogen and oxygen atoms in total. The summed E-state index contributed by atoms with van der Waals surface area (Å²) in [5.74, 6) is 1.61. The summed E-state index contributed by atoms with van der Waals surface area (Å²) in [6, 6.07) is 1.95. The molecule has 2 N–H and O–H groups in total. The van der Waals surface area contributed by atoms with Crippen LogP contribution in [0.25, 0.3) is 0 Å². The first-order chi connectivity index (χ1) is 9.77. The molecule has 1 aromatic rings. The highest BCUT2D eigenvalue weighted by Crippen LogP contribution is 2.14. The van der Waals surface area contributed by atoms with Crippen molar-refractivity contribution in [3.63, 3.8) is 0 Å². The van der Waals surface area contributed by atoms with E-state index < -0.39 is 0 Å². The van der Waals surface area contributed by atoms with Gasteiger partial charge in [0.05, 0.1) is 46.2 Å². The van der Waals surface area contributed by atoms with Gasteiger partial charge in [0.1, 0.15) is 18.1 Å². The Bertz CT molecular complexity index is 353. The summed E-state index contributed by atoms with van der Waals surface area (Å²) in [5.41, 5.74) is 6.61. The van der Waals surface area contributed by atoms with Crippen LogP contribution in [0.15, 0.2) is 10.5 Å². The fourth-order valence-corrected chi connectivity index (χ4v) is 1.62. The maximum Gasteiger partial charge on any atom is 0.130 e. The van der Waals surface area contributed by atoms with Gasteiger partial charge in [0.25, 0.3) is 0 Å². The van der Waals surface area contributed by atoms with Crippen LogP contribution in [0.1, 0.15) is 17.1 Å². The number of furan rings is 1. The summed E-state index contributed by atoms with van der Waals surface area (Å²) < 4.78 is 26.5. The molecule has 0 amide bonds. The van der Waals surface area contributed by atoms with E-state index in [0.717, 1.165) is 17.1 Å². The summed E-state index contributed by atoms with van der Waals surface area (Å²) in [7, 11) is 1.65. The first kappa shape index (κ1) is 17.1. The molecule has 0 atom stereocenters. The molecule has 20 heavy (non-hydrogen) atoms. The Morgan fingerprint density at radius 2 is 1.60 bits per heavy atom. The van der Waals surface area contributed by atoms with Gasteiger partial charge in [-0.1, -0.05) is 0 Å². The highest BCUT2D eigenvalue weighted by atomic mass is 16.6. The zero-order valence-electron chi connectivity index (χ0n) is 12.4. The molecule has 0 saturated heterocycles. The van der Waals surface area contributed by atoms with Crippen LogP contribution in [0.2, 0.25) is 0 Å². The van der Waals surface area contributed by atoms with Crippen LogP contribution >= 0.6 is 0 Å². The number of aryl methyl sites for hydroxylation is 1. The molecule has 0 spiro atoms. The SMILES string of the molecule is COCCOCCOCCOCc1cc(C)c(CN)o1. The molecule has 116 valence electrons. The van der Waals surface area contributed by atoms with Gasteiger partial charge in [0.15, 0.2) is 0 Å². The molecule has 1 aromatic heterocycles. The van der Waals surface area contributed by atoms with Crippen LogP contribution in [0.4, 0.5) is 0 Å². The van der Waals surface area contributed by atoms with Gasteiger partial charge in [-0.3, -0.25) is 0 Å². The molecule has 0 saturated carbocycles. The van der Waals surface area contributed by atoms with E-state index in [9.17, 15) is 0 Å². The number of hydrogen-bond donors (Lipinski definition) is 1. The Labute approximate surface area is 120 Å². The van der Waals surface area contributed by atoms with Crippen LogP contribution in [0, 0.1) is 6.92 Å². The lowest BCUT2D eigenvalue weighted by Gasteiger charge is -2.05. The van der Waals surface area contributed by atoms with E-state index in [1.54, 1.807) is 7.11 Å². The Hall–Kier alpha value is -0.920. The smallest absolute Gasteiger partial charge is 0.130 e. The van der Waals surface area contributed by atoms with E-state index >= 15 is 0 Å². The van der Waals surface area contributed by atoms with Crippen molar-refractivity contribution in [2.24, 2.45) is 5.73 Å². The molecular weight excluding hydrogens is 262 g/mol. The van der Waals surface area contributed by atoms with Crippen LogP contribution in [-0.4, -0.2) is 46.8 Å². The predicted molar refractivity (Wildman–Crippen MR) is 74.5 cm³/mol. The van der Waals surface area contributed by atoms with Gasteiger partial charge in [-0.05, 0) is 18.6 Å². The van der Waals surface area contributed by atoms with Crippen molar-refractivity contribution < 1.29 is 23.4 Å². The van der Waals surface area contributed by atoms with Crippen LogP contribution in [0.5, 0.6) is 0 Å². The molecule has 0 fully saturated rings. The van der Waals surface area contributed by atoms with Gasteiger partial charge in [0, 0.05) is 7.11 Å². The topological polar surface area (TPSA) is 76.1 Å². The number of nitrogens with two attached hydrogens (primary N) is 1. The Morgan fingerprint density at radius 3 is 2.15 bits per heavy atom. The summed E-state index contributed by atoms with van der Waals surface area (Å²) in [4.78, 5) is 0. The zero-order valence-corrected chi connectivity index (χ0v) is 12.4. The monoisotopic (exact) mass is 287 g/mol. The molecule has 0 aliphatic heterocycles. The molecular formula is C14H25NO5. The van der Waals surface area contributed by atoms with E-state index in [-0.39, 0.29) is 0 Å². The number of methoxy groups -OCH3 is 1. The average molecular weight is 287 g/mol. The normalized spacial score (nSPS) is 11.2. The highest BCUT2D eigenvalue weighted by molar-refractivity contribution is 5.19. The zero-order chi connectivity index (χ0) is 14.6. The van der Waals surface area contributed by atoms with Crippen molar-refractivity contribution in [2.75, 3.05) is 46.8 Å². The van der Waals surface area contributed by atoms with Crippen LogP contribution in [-0.2, 0) is 32.1 Å². The molecule has 0 radical (unpaired) electrons. The summed E-state index contributed by atoms with van der Waals surface area (Å²) in [6.45, 7) is 6.22. The van der Waals surface area contributed by atoms with E-state index in [1.165, 1.54) is 0 Å². The Morgan fingerprint density at radius 1 is 1.00 bits per heavy atom. The Kier molecular flexibility index (Phi) is 9.27. The molecule has 6 heteroatoms. The van der Waals surface area contributed by atoms with Crippen molar-refractivity contribution in [1.82, 2.24) is 0 Å². The van der Waals surface area contributed by atoms with Gasteiger partial charge in [-0.15, -0.1) is 0 Å². The molecule has 0 aliphatic rings. The number of rotatable bonds is 12. The van der Waals surface area contributed by atoms with E-state index in [2.05, 4.69) is 0 Å². The fourth-order valence-electron chi connectivity index (χ4n) is 1.62. The van der Waals surface area contributed by atoms with Gasteiger partial charge in [-0.2, -0.15) is 0 Å². The van der Waals surface area contributed by atoms with Crippen molar-refractivity contribution in [1.29, 1.82) is 0 Å². The standard InChI is InChI=1S/C14H25NO5/c1-12-9-13(20-14(12)10-15)11-19-8-7-18-6-5-17-4-3-16-2/h9H,3-8,10-11,15H2,1-2H3. The molecule has 0 unspecified atom stereocenters. The molecule has 0 bridgehead atoms. The van der Waals surface area contributed by atoms with Gasteiger partial charge in [0.2, 0.25) is 0 Å². The third-order valence-corrected chi connectivity index (χ3v) is 2.68. The molecule has 1 heterocycles. The third kappa shape index (κ3) is 7.02. The second-order valence-corrected chi connectivity index (χ2v) is 4.29. The van der Waals surface area contributed by atoms with Gasteiger partial charge in [-0.25, -0.2) is 0 Å². The summed E-state index contributed by atoms with van der Waals surface area (Å²) in [5, 5.41) is 0. The summed E-state index contributed by atoms with van der Waals surface area (Å²) in [6.07, 6.45) is 0. The van der Waals surface area contributed by atoms with E-state index in [4.69, 9.17) is 29.1 Å². The highest BCUT2D eigenvalue weighted by Gasteiger charge is 2.05. The predicted octanol–water partition coefficient (Wildman–Crippen LogP) is 1.24. The molecule has 1 rings (SSSR count). The lowest BCUT2D eigenvalue weighted by atomic mass is 10.3. The second-order valence-electron chi connectivity index (χ2n) is 4.29. The lowest BCUT2D eigenvalue weighted by molar-refractivity contribution is -0.00135. The number of hydrogen-bond acceptors (Lipinski definition) is 6. The maximum atomic E-state index is 5.54. The minimum Gasteiger partial charge on any atom is -0.462 e. The average Bonchev–Trinajstić information content (AvgIpc) is 2.81. The van der Waals surface area contributed by atoms with E-state index in [0.29, 0.717) is 52.8 Å². The lowest BCUT2D eigenvalue weighted by Crippen LogP contribution is -2.11. The van der Waals surface area contributed by atoms with Crippen LogP contribution in [0.3, 0.4) is 0 Å². The maximum absolute atomic E-state index is 5.54. The van der Waals surface area contributed by atoms with Crippen molar-refractivity contribution in [3.8, 4) is 0 Å². The van der Waals surface area contributed by atoms with Crippen LogP contribution < -0.4 is 5.73 Å². The molecule has 0 aromatic carbocycles.